The van der Waals surface area contributed by atoms with Crippen LogP contribution in [-0.2, 0) is 10.0 Å². The van der Waals surface area contributed by atoms with Crippen molar-refractivity contribution in [3.8, 4) is 0 Å². The third-order valence-electron chi connectivity index (χ3n) is 2.22. The molecule has 0 spiro atoms. The molecule has 0 aliphatic heterocycles. The quantitative estimate of drug-likeness (QED) is 0.570. The van der Waals surface area contributed by atoms with Gasteiger partial charge in [0.25, 0.3) is 0 Å². The highest BCUT2D eigenvalue weighted by Crippen LogP contribution is 2.11. The van der Waals surface area contributed by atoms with E-state index < -0.39 is 10.0 Å². The van der Waals surface area contributed by atoms with Crippen LogP contribution in [0.1, 0.15) is 17.3 Å². The second-order valence-electron chi connectivity index (χ2n) is 3.59. The number of sulfonamides is 1. The summed E-state index contributed by atoms with van der Waals surface area (Å²) in [5.41, 5.74) is 0.390. The number of nitrogens with one attached hydrogen (secondary N) is 2. The molecule has 0 bridgehead atoms. The Morgan fingerprint density at radius 1 is 1.29 bits per heavy atom. The molecule has 1 aromatic carbocycles. The molecule has 94 valence electrons. The molecule has 0 aromatic heterocycles. The van der Waals surface area contributed by atoms with Crippen LogP contribution < -0.4 is 10.0 Å². The van der Waals surface area contributed by atoms with E-state index in [1.54, 1.807) is 19.2 Å². The van der Waals surface area contributed by atoms with Gasteiger partial charge < -0.3 is 5.32 Å². The van der Waals surface area contributed by atoms with Crippen LogP contribution in [0.2, 0.25) is 0 Å². The van der Waals surface area contributed by atoms with Crippen LogP contribution in [0.25, 0.3) is 0 Å². The molecule has 17 heavy (non-hydrogen) atoms. The van der Waals surface area contributed by atoms with Crippen LogP contribution >= 0.6 is 0 Å². The number of rotatable bonds is 6. The van der Waals surface area contributed by atoms with Gasteiger partial charge in [-0.05, 0) is 26.1 Å². The van der Waals surface area contributed by atoms with E-state index in [2.05, 4.69) is 10.0 Å². The lowest BCUT2D eigenvalue weighted by molar-refractivity contribution is 0.101. The lowest BCUT2D eigenvalue weighted by Crippen LogP contribution is -2.30. The van der Waals surface area contributed by atoms with Crippen molar-refractivity contribution < 1.29 is 13.2 Å². The Hall–Kier alpha value is -1.24. The van der Waals surface area contributed by atoms with Crippen LogP contribution in [-0.4, -0.2) is 34.3 Å². The Morgan fingerprint density at radius 3 is 2.59 bits per heavy atom. The number of hydrogen-bond acceptors (Lipinski definition) is 4. The topological polar surface area (TPSA) is 75.3 Å². The molecular formula is C11H16N2O3S. The highest BCUT2D eigenvalue weighted by Gasteiger charge is 2.14. The molecule has 2 N–H and O–H groups in total. The maximum atomic E-state index is 11.8. The minimum atomic E-state index is -3.53. The monoisotopic (exact) mass is 256 g/mol. The summed E-state index contributed by atoms with van der Waals surface area (Å²) >= 11 is 0. The summed E-state index contributed by atoms with van der Waals surface area (Å²) in [6.07, 6.45) is 0. The Balaban J connectivity index is 2.91. The molecule has 0 fully saturated rings. The van der Waals surface area contributed by atoms with E-state index >= 15 is 0 Å². The number of hydrogen-bond donors (Lipinski definition) is 2. The standard InChI is InChI=1S/C11H16N2O3S/c1-9(14)10-4-3-5-11(8-10)17(15,16)13-7-6-12-2/h3-5,8,12-13H,6-7H2,1-2H3. The van der Waals surface area contributed by atoms with Crippen molar-refractivity contribution in [1.82, 2.24) is 10.0 Å². The lowest BCUT2D eigenvalue weighted by Gasteiger charge is -2.07. The van der Waals surface area contributed by atoms with E-state index in [1.807, 2.05) is 0 Å². The van der Waals surface area contributed by atoms with E-state index in [1.165, 1.54) is 19.1 Å². The van der Waals surface area contributed by atoms with Gasteiger partial charge in [0, 0.05) is 18.7 Å². The van der Waals surface area contributed by atoms with Gasteiger partial charge in [-0.1, -0.05) is 12.1 Å². The molecule has 0 aliphatic carbocycles. The largest absolute Gasteiger partial charge is 0.318 e. The zero-order chi connectivity index (χ0) is 12.9. The summed E-state index contributed by atoms with van der Waals surface area (Å²) in [4.78, 5) is 11.3. The van der Waals surface area contributed by atoms with Crippen LogP contribution in [0.4, 0.5) is 0 Å². The van der Waals surface area contributed by atoms with Gasteiger partial charge in [-0.2, -0.15) is 0 Å². The Kier molecular flexibility index (Phi) is 4.80. The number of Topliss-reactive ketones (excluding diaryl/α,β-unsaturated/α-hetero) is 1. The molecule has 0 amide bonds. The highest BCUT2D eigenvalue weighted by atomic mass is 32.2. The zero-order valence-corrected chi connectivity index (χ0v) is 10.7. The van der Waals surface area contributed by atoms with Crippen LogP contribution in [0.15, 0.2) is 29.2 Å². The van der Waals surface area contributed by atoms with Crippen molar-refractivity contribution >= 4 is 15.8 Å². The third kappa shape index (κ3) is 3.92. The van der Waals surface area contributed by atoms with Crippen LogP contribution in [0, 0.1) is 0 Å². The molecule has 0 unspecified atom stereocenters. The van der Waals surface area contributed by atoms with Gasteiger partial charge in [0.15, 0.2) is 5.78 Å². The highest BCUT2D eigenvalue weighted by molar-refractivity contribution is 7.89. The smallest absolute Gasteiger partial charge is 0.240 e. The van der Waals surface area contributed by atoms with E-state index in [-0.39, 0.29) is 10.7 Å². The van der Waals surface area contributed by atoms with E-state index in [0.717, 1.165) is 0 Å². The Morgan fingerprint density at radius 2 is 2.00 bits per heavy atom. The summed E-state index contributed by atoms with van der Waals surface area (Å²) in [7, 11) is -1.79. The first-order valence-corrected chi connectivity index (χ1v) is 6.71. The van der Waals surface area contributed by atoms with Crippen molar-refractivity contribution in [2.24, 2.45) is 0 Å². The summed E-state index contributed by atoms with van der Waals surface area (Å²) < 4.78 is 26.1. The minimum absolute atomic E-state index is 0.112. The fourth-order valence-electron chi connectivity index (χ4n) is 1.28. The number of ketones is 1. The maximum Gasteiger partial charge on any atom is 0.240 e. The first-order valence-electron chi connectivity index (χ1n) is 5.22. The summed E-state index contributed by atoms with van der Waals surface area (Å²) in [5.74, 6) is -0.155. The van der Waals surface area contributed by atoms with Crippen molar-refractivity contribution in [2.75, 3.05) is 20.1 Å². The van der Waals surface area contributed by atoms with Crippen LogP contribution in [0.3, 0.4) is 0 Å². The van der Waals surface area contributed by atoms with Crippen molar-refractivity contribution in [1.29, 1.82) is 0 Å². The van der Waals surface area contributed by atoms with E-state index in [9.17, 15) is 13.2 Å². The molecule has 0 atom stereocenters. The Labute approximate surface area is 101 Å². The molecule has 0 saturated heterocycles. The third-order valence-corrected chi connectivity index (χ3v) is 3.68. The average Bonchev–Trinajstić information content (AvgIpc) is 2.29. The second kappa shape index (κ2) is 5.90. The summed E-state index contributed by atoms with van der Waals surface area (Å²) in [6, 6.07) is 6.00. The first kappa shape index (κ1) is 13.8. The molecule has 1 aromatic rings. The Bertz CT molecular complexity index is 497. The van der Waals surface area contributed by atoms with E-state index in [4.69, 9.17) is 0 Å². The summed E-state index contributed by atoms with van der Waals surface area (Å²) in [6.45, 7) is 2.26. The average molecular weight is 256 g/mol. The SMILES string of the molecule is CNCCNS(=O)(=O)c1cccc(C(C)=O)c1. The normalized spacial score (nSPS) is 11.4. The van der Waals surface area contributed by atoms with Crippen LogP contribution in [0.5, 0.6) is 0 Å². The second-order valence-corrected chi connectivity index (χ2v) is 5.35. The van der Waals surface area contributed by atoms with Gasteiger partial charge in [-0.15, -0.1) is 0 Å². The lowest BCUT2D eigenvalue weighted by atomic mass is 10.2. The molecule has 1 rings (SSSR count). The fraction of sp³-hybridized carbons (Fsp3) is 0.364. The van der Waals surface area contributed by atoms with Gasteiger partial charge in [0.2, 0.25) is 10.0 Å². The molecule has 0 aliphatic rings. The molecule has 0 heterocycles. The van der Waals surface area contributed by atoms with Crippen molar-refractivity contribution in [3.63, 3.8) is 0 Å². The molecule has 0 radical (unpaired) electrons. The maximum absolute atomic E-state index is 11.8. The predicted molar refractivity (Wildman–Crippen MR) is 65.6 cm³/mol. The van der Waals surface area contributed by atoms with Gasteiger partial charge in [-0.25, -0.2) is 13.1 Å². The van der Waals surface area contributed by atoms with E-state index in [0.29, 0.717) is 18.7 Å². The first-order chi connectivity index (χ1) is 7.97. The van der Waals surface area contributed by atoms with Crippen molar-refractivity contribution in [3.05, 3.63) is 29.8 Å². The summed E-state index contributed by atoms with van der Waals surface area (Å²) in [5, 5.41) is 2.84. The minimum Gasteiger partial charge on any atom is -0.318 e. The molecule has 0 saturated carbocycles. The molecular weight excluding hydrogens is 240 g/mol. The number of carbonyl (C=O) groups is 1. The zero-order valence-electron chi connectivity index (χ0n) is 9.86. The van der Waals surface area contributed by atoms with Crippen molar-refractivity contribution in [2.45, 2.75) is 11.8 Å². The van der Waals surface area contributed by atoms with Gasteiger partial charge in [0.1, 0.15) is 0 Å². The van der Waals surface area contributed by atoms with Gasteiger partial charge in [-0.3, -0.25) is 4.79 Å². The fourth-order valence-corrected chi connectivity index (χ4v) is 2.35. The van der Waals surface area contributed by atoms with Gasteiger partial charge >= 0.3 is 0 Å². The molecule has 5 nitrogen and oxygen atoms in total. The number of likely N-dealkylation sites (N-methyl/N-ethyl adjacent to an activating group) is 1. The molecule has 6 heteroatoms. The predicted octanol–water partition coefficient (Wildman–Crippen LogP) is 0.387. The van der Waals surface area contributed by atoms with Gasteiger partial charge in [0.05, 0.1) is 4.90 Å². The number of carbonyl (C=O) groups excluding carboxylic acids is 1. The number of benzene rings is 1.